The zero-order valence-corrected chi connectivity index (χ0v) is 17.3. The van der Waals surface area contributed by atoms with Crippen LogP contribution in [0.2, 0.25) is 0 Å². The van der Waals surface area contributed by atoms with Crippen LogP contribution in [0.3, 0.4) is 0 Å². The molecule has 0 atom stereocenters. The highest BCUT2D eigenvalue weighted by molar-refractivity contribution is 6.02. The number of aromatic carboxylic acids is 1. The van der Waals surface area contributed by atoms with Gasteiger partial charge in [-0.25, -0.2) is 9.59 Å². The minimum Gasteiger partial charge on any atom is -0.478 e. The van der Waals surface area contributed by atoms with Gasteiger partial charge < -0.3 is 9.84 Å². The molecule has 5 heteroatoms. The molecule has 3 aromatic carbocycles. The summed E-state index contributed by atoms with van der Waals surface area (Å²) in [6.45, 7) is 2.43. The SMILES string of the molecule is Cc1ccc2c(c1C(=O)O)N(C(=O)OCC1c3ccccc3-c3ccccc31)CCC2. The maximum Gasteiger partial charge on any atom is 0.414 e. The summed E-state index contributed by atoms with van der Waals surface area (Å²) < 4.78 is 5.80. The van der Waals surface area contributed by atoms with Crippen molar-refractivity contribution in [3.63, 3.8) is 0 Å². The van der Waals surface area contributed by atoms with Crippen LogP contribution in [-0.4, -0.2) is 30.3 Å². The van der Waals surface area contributed by atoms with Gasteiger partial charge in [0.2, 0.25) is 0 Å². The molecule has 0 aromatic heterocycles. The fraction of sp³-hybridized carbons (Fsp3) is 0.231. The standard InChI is InChI=1S/C26H23NO4/c1-16-12-13-17-7-6-14-27(24(17)23(16)25(28)29)26(30)31-15-22-20-10-4-2-8-18(20)19-9-3-5-11-21(19)22/h2-5,8-13,22H,6-7,14-15H2,1H3,(H,28,29). The number of fused-ring (bicyclic) bond motifs is 4. The number of carboxylic acids is 1. The number of hydrogen-bond donors (Lipinski definition) is 1. The van der Waals surface area contributed by atoms with Crippen LogP contribution in [0.5, 0.6) is 0 Å². The van der Waals surface area contributed by atoms with E-state index in [4.69, 9.17) is 4.74 Å². The molecule has 3 aromatic rings. The quantitative estimate of drug-likeness (QED) is 0.625. The lowest BCUT2D eigenvalue weighted by Crippen LogP contribution is -2.38. The lowest BCUT2D eigenvalue weighted by atomic mass is 9.94. The molecule has 156 valence electrons. The first kappa shape index (κ1) is 19.4. The zero-order valence-electron chi connectivity index (χ0n) is 17.3. The van der Waals surface area contributed by atoms with E-state index in [-0.39, 0.29) is 18.1 Å². The number of ether oxygens (including phenoxy) is 1. The van der Waals surface area contributed by atoms with Gasteiger partial charge in [0.25, 0.3) is 0 Å². The van der Waals surface area contributed by atoms with Crippen LogP contribution in [0.25, 0.3) is 11.1 Å². The Morgan fingerprint density at radius 1 is 1.00 bits per heavy atom. The van der Waals surface area contributed by atoms with E-state index in [9.17, 15) is 14.7 Å². The average molecular weight is 413 g/mol. The van der Waals surface area contributed by atoms with Crippen molar-refractivity contribution in [2.75, 3.05) is 18.1 Å². The first-order chi connectivity index (χ1) is 15.1. The van der Waals surface area contributed by atoms with E-state index in [2.05, 4.69) is 24.3 Å². The third-order valence-electron chi connectivity index (χ3n) is 6.34. The molecule has 1 aliphatic carbocycles. The van der Waals surface area contributed by atoms with Gasteiger partial charge in [0.1, 0.15) is 6.61 Å². The van der Waals surface area contributed by atoms with E-state index in [0.717, 1.165) is 29.5 Å². The average Bonchev–Trinajstić information content (AvgIpc) is 3.10. The second kappa shape index (κ2) is 7.58. The molecule has 31 heavy (non-hydrogen) atoms. The number of benzene rings is 3. The van der Waals surface area contributed by atoms with Crippen molar-refractivity contribution in [1.82, 2.24) is 0 Å². The Hall–Kier alpha value is -3.60. The van der Waals surface area contributed by atoms with Gasteiger partial charge >= 0.3 is 12.1 Å². The number of rotatable bonds is 3. The highest BCUT2D eigenvalue weighted by atomic mass is 16.6. The number of nitrogens with zero attached hydrogens (tertiary/aromatic N) is 1. The molecule has 0 radical (unpaired) electrons. The first-order valence-corrected chi connectivity index (χ1v) is 10.5. The van der Waals surface area contributed by atoms with Crippen molar-refractivity contribution in [1.29, 1.82) is 0 Å². The van der Waals surface area contributed by atoms with E-state index in [0.29, 0.717) is 17.8 Å². The fourth-order valence-electron chi connectivity index (χ4n) is 4.91. The second-order valence-corrected chi connectivity index (χ2v) is 8.13. The fourth-order valence-corrected chi connectivity index (χ4v) is 4.91. The van der Waals surface area contributed by atoms with Gasteiger partial charge in [-0.3, -0.25) is 4.90 Å². The van der Waals surface area contributed by atoms with E-state index in [1.165, 1.54) is 16.0 Å². The summed E-state index contributed by atoms with van der Waals surface area (Å²) in [7, 11) is 0. The van der Waals surface area contributed by atoms with Crippen molar-refractivity contribution < 1.29 is 19.4 Å². The van der Waals surface area contributed by atoms with E-state index < -0.39 is 12.1 Å². The topological polar surface area (TPSA) is 66.8 Å². The number of aryl methyl sites for hydroxylation is 2. The van der Waals surface area contributed by atoms with Crippen LogP contribution in [0, 0.1) is 6.92 Å². The molecule has 0 saturated heterocycles. The van der Waals surface area contributed by atoms with Crippen molar-refractivity contribution in [3.05, 3.63) is 88.5 Å². The molecule has 0 saturated carbocycles. The van der Waals surface area contributed by atoms with Crippen molar-refractivity contribution in [2.24, 2.45) is 0 Å². The van der Waals surface area contributed by atoms with Crippen LogP contribution >= 0.6 is 0 Å². The second-order valence-electron chi connectivity index (χ2n) is 8.13. The van der Waals surface area contributed by atoms with Crippen molar-refractivity contribution >= 4 is 17.7 Å². The Kier molecular flexibility index (Phi) is 4.74. The molecule has 0 bridgehead atoms. The Balaban J connectivity index is 1.44. The lowest BCUT2D eigenvalue weighted by Gasteiger charge is -2.31. The number of carbonyl (C=O) groups is 2. The summed E-state index contributed by atoms with van der Waals surface area (Å²) in [6, 6.07) is 20.1. The number of anilines is 1. The number of amides is 1. The monoisotopic (exact) mass is 413 g/mol. The highest BCUT2D eigenvalue weighted by Crippen LogP contribution is 2.44. The van der Waals surface area contributed by atoms with Gasteiger partial charge in [-0.1, -0.05) is 60.7 Å². The normalized spacial score (nSPS) is 14.5. The van der Waals surface area contributed by atoms with Crippen molar-refractivity contribution in [3.8, 4) is 11.1 Å². The van der Waals surface area contributed by atoms with Crippen LogP contribution in [0.4, 0.5) is 10.5 Å². The molecule has 0 spiro atoms. The minimum absolute atomic E-state index is 0.0305. The Labute approximate surface area is 180 Å². The van der Waals surface area contributed by atoms with Crippen LogP contribution in [0.1, 0.15) is 45.0 Å². The van der Waals surface area contributed by atoms with Gasteiger partial charge in [-0.05, 0) is 53.1 Å². The molecular formula is C26H23NO4. The van der Waals surface area contributed by atoms with Crippen LogP contribution in [0.15, 0.2) is 60.7 Å². The maximum absolute atomic E-state index is 13.1. The minimum atomic E-state index is -1.02. The lowest BCUT2D eigenvalue weighted by molar-refractivity contribution is 0.0696. The summed E-state index contributed by atoms with van der Waals surface area (Å²) in [5, 5.41) is 9.76. The Morgan fingerprint density at radius 3 is 2.29 bits per heavy atom. The summed E-state index contributed by atoms with van der Waals surface area (Å²) in [6.07, 6.45) is 1.04. The van der Waals surface area contributed by atoms with Crippen molar-refractivity contribution in [2.45, 2.75) is 25.7 Å². The first-order valence-electron chi connectivity index (χ1n) is 10.5. The van der Waals surface area contributed by atoms with E-state index >= 15 is 0 Å². The molecule has 1 aliphatic heterocycles. The van der Waals surface area contributed by atoms with Gasteiger partial charge in [-0.15, -0.1) is 0 Å². The molecule has 2 aliphatic rings. The maximum atomic E-state index is 13.1. The predicted molar refractivity (Wildman–Crippen MR) is 119 cm³/mol. The third kappa shape index (κ3) is 3.17. The summed E-state index contributed by atoms with van der Waals surface area (Å²) in [5.41, 5.74) is 6.83. The molecule has 0 unspecified atom stereocenters. The Morgan fingerprint density at radius 2 is 1.65 bits per heavy atom. The Bertz CT molecular complexity index is 1150. The molecule has 1 heterocycles. The molecule has 5 rings (SSSR count). The molecule has 1 amide bonds. The number of hydrogen-bond acceptors (Lipinski definition) is 3. The van der Waals surface area contributed by atoms with Crippen LogP contribution in [-0.2, 0) is 11.2 Å². The molecular weight excluding hydrogens is 390 g/mol. The van der Waals surface area contributed by atoms with Gasteiger partial charge in [0.15, 0.2) is 0 Å². The summed E-state index contributed by atoms with van der Waals surface area (Å²) in [4.78, 5) is 26.6. The van der Waals surface area contributed by atoms with Gasteiger partial charge in [0, 0.05) is 12.5 Å². The molecule has 0 fully saturated rings. The van der Waals surface area contributed by atoms with E-state index in [1.54, 1.807) is 6.92 Å². The molecule has 1 N–H and O–H groups in total. The smallest absolute Gasteiger partial charge is 0.414 e. The van der Waals surface area contributed by atoms with Gasteiger partial charge in [0.05, 0.1) is 11.3 Å². The number of carbonyl (C=O) groups excluding carboxylic acids is 1. The van der Waals surface area contributed by atoms with E-state index in [1.807, 2.05) is 36.4 Å². The predicted octanol–water partition coefficient (Wildman–Crippen LogP) is 5.39. The third-order valence-corrected chi connectivity index (χ3v) is 6.34. The van der Waals surface area contributed by atoms with Crippen LogP contribution < -0.4 is 4.90 Å². The largest absolute Gasteiger partial charge is 0.478 e. The number of carboxylic acid groups (broad SMARTS) is 1. The van der Waals surface area contributed by atoms with Gasteiger partial charge in [-0.2, -0.15) is 0 Å². The molecule has 5 nitrogen and oxygen atoms in total. The highest BCUT2D eigenvalue weighted by Gasteiger charge is 2.32. The summed E-state index contributed by atoms with van der Waals surface area (Å²) >= 11 is 0. The zero-order chi connectivity index (χ0) is 21.5. The summed E-state index contributed by atoms with van der Waals surface area (Å²) in [5.74, 6) is -1.05.